The minimum atomic E-state index is -4.64. The smallest absolute Gasteiger partial charge is 0.454 e. The Kier molecular flexibility index (Phi) is 7.65. The van der Waals surface area contributed by atoms with Crippen LogP contribution in [-0.2, 0) is 11.2 Å². The zero-order valence-corrected chi connectivity index (χ0v) is 23.5. The molecular weight excluding hydrogens is 553 g/mol. The first-order valence-corrected chi connectivity index (χ1v) is 14.8. The van der Waals surface area contributed by atoms with Crippen molar-refractivity contribution in [3.05, 3.63) is 59.7 Å². The fourth-order valence-electron chi connectivity index (χ4n) is 5.51. The Hall–Kier alpha value is -3.57. The van der Waals surface area contributed by atoms with Gasteiger partial charge >= 0.3 is 6.36 Å². The van der Waals surface area contributed by atoms with E-state index in [-0.39, 0.29) is 12.5 Å². The topological polar surface area (TPSA) is 70.8 Å². The Morgan fingerprint density at radius 1 is 1.07 bits per heavy atom. The Balaban J connectivity index is 1.20. The predicted molar refractivity (Wildman–Crippen MR) is 155 cm³/mol. The molecule has 1 atom stereocenters. The van der Waals surface area contributed by atoms with Crippen LogP contribution in [0.5, 0.6) is 0 Å². The summed E-state index contributed by atoms with van der Waals surface area (Å²) >= 11 is 1.44. The SMILES string of the molecule is CCc1ccc2oc(-c3nc(NC(=O)c4ccc(N5CCC(OC(F)(F)F)C5)cc4)sc3N3CCCCC3)cc2c1. The lowest BCUT2D eigenvalue weighted by Gasteiger charge is -2.27. The molecule has 2 saturated heterocycles. The summed E-state index contributed by atoms with van der Waals surface area (Å²) in [4.78, 5) is 22.1. The van der Waals surface area contributed by atoms with Gasteiger partial charge in [0.2, 0.25) is 0 Å². The van der Waals surface area contributed by atoms with Crippen LogP contribution in [0.15, 0.2) is 52.9 Å². The van der Waals surface area contributed by atoms with Gasteiger partial charge in [-0.25, -0.2) is 4.98 Å². The quantitative estimate of drug-likeness (QED) is 0.243. The molecule has 216 valence electrons. The lowest BCUT2D eigenvalue weighted by molar-refractivity contribution is -0.339. The zero-order chi connectivity index (χ0) is 28.6. The molecule has 4 heterocycles. The highest BCUT2D eigenvalue weighted by Crippen LogP contribution is 2.42. The Bertz CT molecular complexity index is 1530. The van der Waals surface area contributed by atoms with Crippen LogP contribution in [0.3, 0.4) is 0 Å². The molecule has 1 N–H and O–H groups in total. The summed E-state index contributed by atoms with van der Waals surface area (Å²) in [6.45, 7) is 4.57. The third-order valence-electron chi connectivity index (χ3n) is 7.64. The highest BCUT2D eigenvalue weighted by molar-refractivity contribution is 7.20. The highest BCUT2D eigenvalue weighted by atomic mass is 32.1. The molecule has 0 radical (unpaired) electrons. The van der Waals surface area contributed by atoms with E-state index in [1.807, 2.05) is 17.0 Å². The number of aryl methyl sites for hydroxylation is 1. The maximum atomic E-state index is 13.2. The third-order valence-corrected chi connectivity index (χ3v) is 8.67. The average Bonchev–Trinajstić information content (AvgIpc) is 3.70. The van der Waals surface area contributed by atoms with Gasteiger partial charge in [0.25, 0.3) is 5.91 Å². The zero-order valence-electron chi connectivity index (χ0n) is 22.7. The largest absolute Gasteiger partial charge is 0.522 e. The van der Waals surface area contributed by atoms with E-state index in [1.54, 1.807) is 24.3 Å². The van der Waals surface area contributed by atoms with E-state index >= 15 is 0 Å². The highest BCUT2D eigenvalue weighted by Gasteiger charge is 2.36. The summed E-state index contributed by atoms with van der Waals surface area (Å²) in [7, 11) is 0. The molecule has 2 fully saturated rings. The molecule has 7 nitrogen and oxygen atoms in total. The fraction of sp³-hybridized carbons (Fsp3) is 0.400. The van der Waals surface area contributed by atoms with E-state index in [9.17, 15) is 18.0 Å². The van der Waals surface area contributed by atoms with E-state index in [1.165, 1.54) is 23.3 Å². The number of furan rings is 1. The summed E-state index contributed by atoms with van der Waals surface area (Å²) in [6, 6.07) is 15.0. The number of carbonyl (C=O) groups is 1. The monoisotopic (exact) mass is 584 g/mol. The number of aromatic nitrogens is 1. The normalized spacial score (nSPS) is 17.9. The van der Waals surface area contributed by atoms with E-state index < -0.39 is 12.5 Å². The molecule has 0 saturated carbocycles. The number of hydrogen-bond acceptors (Lipinski definition) is 7. The number of hydrogen-bond donors (Lipinski definition) is 1. The average molecular weight is 585 g/mol. The molecule has 41 heavy (non-hydrogen) atoms. The maximum Gasteiger partial charge on any atom is 0.522 e. The molecule has 0 aliphatic carbocycles. The van der Waals surface area contributed by atoms with Crippen molar-refractivity contribution in [2.75, 3.05) is 41.3 Å². The van der Waals surface area contributed by atoms with Crippen LogP contribution in [-0.4, -0.2) is 49.5 Å². The second-order valence-corrected chi connectivity index (χ2v) is 11.5. The lowest BCUT2D eigenvalue weighted by Crippen LogP contribution is -2.28. The number of thiazole rings is 1. The number of anilines is 3. The van der Waals surface area contributed by atoms with Gasteiger partial charge in [-0.3, -0.25) is 14.8 Å². The first-order chi connectivity index (χ1) is 19.8. The van der Waals surface area contributed by atoms with Crippen molar-refractivity contribution in [2.24, 2.45) is 0 Å². The van der Waals surface area contributed by atoms with Gasteiger partial charge < -0.3 is 14.2 Å². The Morgan fingerprint density at radius 2 is 1.85 bits per heavy atom. The first-order valence-electron chi connectivity index (χ1n) is 14.0. The maximum absolute atomic E-state index is 13.2. The summed E-state index contributed by atoms with van der Waals surface area (Å²) in [5.74, 6) is 0.368. The molecule has 11 heteroatoms. The van der Waals surface area contributed by atoms with Crippen LogP contribution >= 0.6 is 11.3 Å². The van der Waals surface area contributed by atoms with Crippen LogP contribution in [0.25, 0.3) is 22.4 Å². The minimum absolute atomic E-state index is 0.147. The number of alkyl halides is 3. The number of halogens is 3. The fourth-order valence-corrected chi connectivity index (χ4v) is 6.53. The van der Waals surface area contributed by atoms with E-state index in [0.29, 0.717) is 29.4 Å². The number of benzene rings is 2. The van der Waals surface area contributed by atoms with Crippen molar-refractivity contribution >= 4 is 44.0 Å². The number of piperidine rings is 1. The van der Waals surface area contributed by atoms with Crippen LogP contribution in [0, 0.1) is 0 Å². The van der Waals surface area contributed by atoms with Crippen molar-refractivity contribution in [1.82, 2.24) is 4.98 Å². The Labute approximate surface area is 239 Å². The van der Waals surface area contributed by atoms with Crippen LogP contribution in [0.4, 0.5) is 29.0 Å². The van der Waals surface area contributed by atoms with Crippen molar-refractivity contribution in [2.45, 2.75) is 51.5 Å². The van der Waals surface area contributed by atoms with Crippen molar-refractivity contribution in [3.63, 3.8) is 0 Å². The second-order valence-electron chi connectivity index (χ2n) is 10.5. The molecule has 2 aliphatic rings. The van der Waals surface area contributed by atoms with Gasteiger partial charge in [-0.15, -0.1) is 13.2 Å². The molecule has 4 aromatic rings. The van der Waals surface area contributed by atoms with E-state index in [2.05, 4.69) is 34.0 Å². The number of nitrogens with one attached hydrogen (secondary N) is 1. The first kappa shape index (κ1) is 27.6. The molecule has 2 aromatic carbocycles. The van der Waals surface area contributed by atoms with Gasteiger partial charge in [-0.2, -0.15) is 0 Å². The van der Waals surface area contributed by atoms with Gasteiger partial charge in [0.1, 0.15) is 16.3 Å². The molecule has 2 aliphatic heterocycles. The number of rotatable bonds is 7. The van der Waals surface area contributed by atoms with Gasteiger partial charge in [0.15, 0.2) is 10.9 Å². The summed E-state index contributed by atoms with van der Waals surface area (Å²) in [5, 5.41) is 5.43. The number of amides is 1. The molecule has 0 spiro atoms. The lowest BCUT2D eigenvalue weighted by atomic mass is 10.1. The standard InChI is InChI=1S/C30H31F3N4O3S/c1-2-19-6-11-24-21(16-19)17-25(39-24)26-28(36-13-4-3-5-14-36)41-29(34-26)35-27(38)20-7-9-22(10-8-20)37-15-12-23(18-37)40-30(31,32)33/h6-11,16-17,23H,2-5,12-15,18H2,1H3,(H,34,35,38). The van der Waals surface area contributed by atoms with Crippen LogP contribution in [0.2, 0.25) is 0 Å². The number of nitrogens with zero attached hydrogens (tertiary/aromatic N) is 3. The summed E-state index contributed by atoms with van der Waals surface area (Å²) < 4.78 is 48.1. The molecule has 0 bridgehead atoms. The molecule has 1 amide bonds. The predicted octanol–water partition coefficient (Wildman–Crippen LogP) is 7.48. The second kappa shape index (κ2) is 11.4. The van der Waals surface area contributed by atoms with Gasteiger partial charge in [0, 0.05) is 42.8 Å². The number of ether oxygens (including phenoxy) is 1. The number of fused-ring (bicyclic) bond motifs is 1. The number of carbonyl (C=O) groups excluding carboxylic acids is 1. The van der Waals surface area contributed by atoms with Gasteiger partial charge in [-0.1, -0.05) is 24.3 Å². The molecule has 2 aromatic heterocycles. The van der Waals surface area contributed by atoms with Crippen LogP contribution < -0.4 is 15.1 Å². The van der Waals surface area contributed by atoms with Crippen molar-refractivity contribution < 1.29 is 27.1 Å². The summed E-state index contributed by atoms with van der Waals surface area (Å²) in [5.41, 5.74) is 3.94. The van der Waals surface area contributed by atoms with E-state index in [4.69, 9.17) is 9.40 Å². The third kappa shape index (κ3) is 6.20. The van der Waals surface area contributed by atoms with Crippen LogP contribution in [0.1, 0.15) is 48.5 Å². The van der Waals surface area contributed by atoms with Crippen molar-refractivity contribution in [1.29, 1.82) is 0 Å². The Morgan fingerprint density at radius 3 is 2.59 bits per heavy atom. The molecule has 6 rings (SSSR count). The molecular formula is C30H31F3N4O3S. The summed E-state index contributed by atoms with van der Waals surface area (Å²) in [6.07, 6.45) is -0.909. The van der Waals surface area contributed by atoms with Gasteiger partial charge in [0.05, 0.1) is 6.10 Å². The van der Waals surface area contributed by atoms with Crippen molar-refractivity contribution in [3.8, 4) is 11.5 Å². The molecule has 1 unspecified atom stereocenters. The van der Waals surface area contributed by atoms with Gasteiger partial charge in [-0.05, 0) is 80.1 Å². The van der Waals surface area contributed by atoms with E-state index in [0.717, 1.165) is 59.7 Å². The minimum Gasteiger partial charge on any atom is -0.454 e.